The topological polar surface area (TPSA) is 36.1 Å². The van der Waals surface area contributed by atoms with Crippen molar-refractivity contribution in [3.63, 3.8) is 0 Å². The van der Waals surface area contributed by atoms with E-state index in [9.17, 15) is 0 Å². The van der Waals surface area contributed by atoms with Crippen molar-refractivity contribution in [3.05, 3.63) is 0 Å². The highest BCUT2D eigenvalue weighted by Crippen LogP contribution is 2.29. The zero-order chi connectivity index (χ0) is 9.12. The van der Waals surface area contributed by atoms with Gasteiger partial charge in [0.05, 0.1) is 0 Å². The minimum absolute atomic E-state index is 0.269. The smallest absolute Gasteiger partial charge is 0.286 e. The molecular formula is C7H21N3Si. The Kier molecular flexibility index (Phi) is 3.70. The van der Waals surface area contributed by atoms with E-state index in [1.807, 2.05) is 21.1 Å². The molecule has 0 rings (SSSR count). The highest BCUT2D eigenvalue weighted by molar-refractivity contribution is 6.75. The Hall–Kier alpha value is 0.0969. The molecule has 0 amide bonds. The molecule has 0 aromatic heterocycles. The highest BCUT2D eigenvalue weighted by atomic mass is 28.4. The molecule has 0 aliphatic rings. The fourth-order valence-corrected chi connectivity index (χ4v) is 4.50. The second-order valence-corrected chi connectivity index (χ2v) is 8.25. The summed E-state index contributed by atoms with van der Waals surface area (Å²) in [5, 5.41) is 0.269. The van der Waals surface area contributed by atoms with Gasteiger partial charge in [-0.2, -0.15) is 0 Å². The van der Waals surface area contributed by atoms with Crippen LogP contribution in [-0.4, -0.2) is 29.7 Å². The Balaban J connectivity index is 4.54. The molecule has 0 aromatic carbocycles. The fraction of sp³-hybridized carbons (Fsp3) is 1.00. The maximum atomic E-state index is 3.37. The summed E-state index contributed by atoms with van der Waals surface area (Å²) in [6.07, 6.45) is 0. The van der Waals surface area contributed by atoms with E-state index in [-0.39, 0.29) is 5.04 Å². The molecule has 0 unspecified atom stereocenters. The maximum absolute atomic E-state index is 3.37. The summed E-state index contributed by atoms with van der Waals surface area (Å²) in [5.74, 6) is 0. The van der Waals surface area contributed by atoms with Gasteiger partial charge in [-0.25, -0.2) is 0 Å². The molecule has 0 aromatic rings. The molecule has 0 saturated carbocycles. The molecule has 0 spiro atoms. The Morgan fingerprint density at radius 1 is 0.818 bits per heavy atom. The van der Waals surface area contributed by atoms with E-state index in [4.69, 9.17) is 0 Å². The van der Waals surface area contributed by atoms with Gasteiger partial charge in [0, 0.05) is 0 Å². The Morgan fingerprint density at radius 2 is 1.09 bits per heavy atom. The number of hydrogen-bond donors (Lipinski definition) is 3. The third kappa shape index (κ3) is 2.02. The van der Waals surface area contributed by atoms with E-state index < -0.39 is 8.56 Å². The molecule has 3 N–H and O–H groups in total. The standard InChI is InChI=1S/C7H21N3Si/c1-7(2,3)11(8-4,9-5)10-6/h8-10H,1-6H3. The van der Waals surface area contributed by atoms with E-state index in [0.29, 0.717) is 0 Å². The molecule has 0 atom stereocenters. The summed E-state index contributed by atoms with van der Waals surface area (Å²) in [4.78, 5) is 10.1. The van der Waals surface area contributed by atoms with Crippen molar-refractivity contribution < 1.29 is 0 Å². The lowest BCUT2D eigenvalue weighted by Crippen LogP contribution is -2.74. The van der Waals surface area contributed by atoms with Crippen LogP contribution in [0.2, 0.25) is 5.04 Å². The SMILES string of the molecule is CN[Si](NC)(NC)C(C)(C)C. The summed E-state index contributed by atoms with van der Waals surface area (Å²) in [7, 11) is 4.34. The first-order valence-electron chi connectivity index (χ1n) is 4.00. The largest absolute Gasteiger partial charge is 0.316 e. The van der Waals surface area contributed by atoms with Gasteiger partial charge in [0.1, 0.15) is 0 Å². The van der Waals surface area contributed by atoms with Crippen LogP contribution in [0.25, 0.3) is 0 Å². The molecule has 0 heterocycles. The predicted molar refractivity (Wildman–Crippen MR) is 52.6 cm³/mol. The van der Waals surface area contributed by atoms with Crippen LogP contribution in [0.3, 0.4) is 0 Å². The first-order valence-corrected chi connectivity index (χ1v) is 6.00. The molecule has 3 nitrogen and oxygen atoms in total. The van der Waals surface area contributed by atoms with Crippen LogP contribution in [0, 0.1) is 0 Å². The van der Waals surface area contributed by atoms with Crippen LogP contribution >= 0.6 is 0 Å². The molecule has 0 fully saturated rings. The Morgan fingerprint density at radius 3 is 1.09 bits per heavy atom. The molecule has 0 aliphatic heterocycles. The molecule has 0 radical (unpaired) electrons. The van der Waals surface area contributed by atoms with Gasteiger partial charge >= 0.3 is 0 Å². The first-order chi connectivity index (χ1) is 4.93. The molecule has 0 bridgehead atoms. The third-order valence-corrected chi connectivity index (χ3v) is 6.75. The van der Waals surface area contributed by atoms with Crippen molar-refractivity contribution in [2.45, 2.75) is 25.8 Å². The van der Waals surface area contributed by atoms with E-state index in [0.717, 1.165) is 0 Å². The fourth-order valence-electron chi connectivity index (χ4n) is 1.50. The second kappa shape index (κ2) is 3.67. The van der Waals surface area contributed by atoms with Crippen molar-refractivity contribution >= 4 is 8.56 Å². The van der Waals surface area contributed by atoms with E-state index in [1.54, 1.807) is 0 Å². The first kappa shape index (κ1) is 11.1. The summed E-state index contributed by atoms with van der Waals surface area (Å²) in [6.45, 7) is 6.72. The van der Waals surface area contributed by atoms with Crippen molar-refractivity contribution in [3.8, 4) is 0 Å². The Labute approximate surface area is 71.2 Å². The predicted octanol–water partition coefficient (Wildman–Crippen LogP) is 0.384. The van der Waals surface area contributed by atoms with E-state index in [2.05, 4.69) is 35.7 Å². The van der Waals surface area contributed by atoms with Gasteiger partial charge in [0.15, 0.2) is 0 Å². The summed E-state index contributed by atoms with van der Waals surface area (Å²) >= 11 is 0. The van der Waals surface area contributed by atoms with Gasteiger partial charge in [-0.05, 0) is 26.2 Å². The molecule has 4 heteroatoms. The van der Waals surface area contributed by atoms with Crippen LogP contribution in [0.15, 0.2) is 0 Å². The minimum Gasteiger partial charge on any atom is -0.316 e. The van der Waals surface area contributed by atoms with Gasteiger partial charge in [-0.1, -0.05) is 20.8 Å². The lowest BCUT2D eigenvalue weighted by Gasteiger charge is -2.40. The van der Waals surface area contributed by atoms with Crippen molar-refractivity contribution in [1.29, 1.82) is 0 Å². The van der Waals surface area contributed by atoms with Crippen LogP contribution < -0.4 is 14.9 Å². The van der Waals surface area contributed by atoms with Crippen molar-refractivity contribution in [2.75, 3.05) is 21.1 Å². The van der Waals surface area contributed by atoms with Gasteiger partial charge in [-0.3, -0.25) is 0 Å². The molecule has 0 aliphatic carbocycles. The average Bonchev–Trinajstić information content (AvgIpc) is 1.90. The number of rotatable bonds is 3. The summed E-state index contributed by atoms with van der Waals surface area (Å²) in [6, 6.07) is 0. The van der Waals surface area contributed by atoms with Crippen LogP contribution in [0.5, 0.6) is 0 Å². The second-order valence-electron chi connectivity index (χ2n) is 3.75. The monoisotopic (exact) mass is 175 g/mol. The quantitative estimate of drug-likeness (QED) is 0.543. The zero-order valence-corrected chi connectivity index (χ0v) is 9.50. The average molecular weight is 175 g/mol. The highest BCUT2D eigenvalue weighted by Gasteiger charge is 2.42. The third-order valence-electron chi connectivity index (χ3n) is 2.25. The molecular weight excluding hydrogens is 154 g/mol. The van der Waals surface area contributed by atoms with E-state index >= 15 is 0 Å². The summed E-state index contributed by atoms with van der Waals surface area (Å²) < 4.78 is 0. The normalized spacial score (nSPS) is 13.6. The van der Waals surface area contributed by atoms with Crippen LogP contribution in [0.4, 0.5) is 0 Å². The van der Waals surface area contributed by atoms with Crippen LogP contribution in [0.1, 0.15) is 20.8 Å². The minimum atomic E-state index is -1.67. The van der Waals surface area contributed by atoms with Gasteiger partial charge in [0.25, 0.3) is 8.56 Å². The maximum Gasteiger partial charge on any atom is 0.286 e. The van der Waals surface area contributed by atoms with Crippen molar-refractivity contribution in [1.82, 2.24) is 14.9 Å². The van der Waals surface area contributed by atoms with Gasteiger partial charge in [-0.15, -0.1) is 0 Å². The van der Waals surface area contributed by atoms with Gasteiger partial charge in [0.2, 0.25) is 0 Å². The van der Waals surface area contributed by atoms with Crippen LogP contribution in [-0.2, 0) is 0 Å². The Bertz CT molecular complexity index is 107. The van der Waals surface area contributed by atoms with Gasteiger partial charge < -0.3 is 14.9 Å². The molecule has 68 valence electrons. The molecule has 11 heavy (non-hydrogen) atoms. The zero-order valence-electron chi connectivity index (χ0n) is 8.50. The lowest BCUT2D eigenvalue weighted by molar-refractivity contribution is 0.643. The van der Waals surface area contributed by atoms with E-state index in [1.165, 1.54) is 0 Å². The summed E-state index contributed by atoms with van der Waals surface area (Å²) in [5.41, 5.74) is 0. The number of nitrogens with one attached hydrogen (secondary N) is 3. The number of hydrogen-bond acceptors (Lipinski definition) is 3. The lowest BCUT2D eigenvalue weighted by atomic mass is 10.3. The van der Waals surface area contributed by atoms with Crippen molar-refractivity contribution in [2.24, 2.45) is 0 Å². The molecule has 0 saturated heterocycles.